The smallest absolute Gasteiger partial charge is 0.405 e. The largest absolute Gasteiger partial charge is 0.457 e. The van der Waals surface area contributed by atoms with E-state index in [1.54, 1.807) is 23.5 Å². The van der Waals surface area contributed by atoms with E-state index in [1.807, 2.05) is 6.07 Å². The molecule has 180 valence electrons. The van der Waals surface area contributed by atoms with Crippen LogP contribution in [0.4, 0.5) is 18.9 Å². The highest BCUT2D eigenvalue weighted by Crippen LogP contribution is 2.28. The van der Waals surface area contributed by atoms with Crippen LogP contribution in [0.1, 0.15) is 15.9 Å². The lowest BCUT2D eigenvalue weighted by atomic mass is 10.1. The van der Waals surface area contributed by atoms with Gasteiger partial charge in [-0.3, -0.25) is 9.52 Å². The molecule has 3 aromatic rings. The molecule has 0 heterocycles. The molecule has 0 saturated carbocycles. The van der Waals surface area contributed by atoms with Gasteiger partial charge in [0.1, 0.15) is 18.0 Å². The zero-order valence-corrected chi connectivity index (χ0v) is 19.0. The maximum absolute atomic E-state index is 12.8. The van der Waals surface area contributed by atoms with Crippen molar-refractivity contribution in [2.45, 2.75) is 17.6 Å². The molecule has 3 rings (SSSR count). The number of nitrogens with one attached hydrogen (secondary N) is 2. The van der Waals surface area contributed by atoms with E-state index < -0.39 is 28.7 Å². The fourth-order valence-electron chi connectivity index (χ4n) is 2.86. The summed E-state index contributed by atoms with van der Waals surface area (Å²) in [6.07, 6.45) is -4.64. The standard InChI is InChI=1S/C22H19ClF3N3O4S/c23-15-5-10-19(18(11-15)21(30)28-13-22(24,25)26)29-34(31,32)17-8-6-16(7-9-17)33-20-4-2-1-3-14(20)12-27/h1-11,29H,12-13,27H2,(H,28,30). The Balaban J connectivity index is 1.80. The normalized spacial score (nSPS) is 11.7. The molecule has 3 aromatic carbocycles. The molecule has 0 radical (unpaired) electrons. The molecule has 0 bridgehead atoms. The molecule has 34 heavy (non-hydrogen) atoms. The van der Waals surface area contributed by atoms with Crippen LogP contribution < -0.4 is 20.5 Å². The second kappa shape index (κ2) is 10.3. The van der Waals surface area contributed by atoms with Crippen LogP contribution in [0.5, 0.6) is 11.5 Å². The minimum absolute atomic E-state index is 0.0411. The first-order valence-electron chi connectivity index (χ1n) is 9.72. The predicted octanol–water partition coefficient (Wildman–Crippen LogP) is 4.68. The van der Waals surface area contributed by atoms with Crippen molar-refractivity contribution in [3.05, 3.63) is 82.9 Å². The maximum Gasteiger partial charge on any atom is 0.405 e. The van der Waals surface area contributed by atoms with Crippen LogP contribution >= 0.6 is 11.6 Å². The maximum atomic E-state index is 12.8. The Kier molecular flexibility index (Phi) is 7.70. The first kappa shape index (κ1) is 25.3. The number of ether oxygens (including phenoxy) is 1. The summed E-state index contributed by atoms with van der Waals surface area (Å²) in [4.78, 5) is 12.1. The number of anilines is 1. The Morgan fingerprint density at radius 1 is 1.03 bits per heavy atom. The number of amides is 1. The van der Waals surface area contributed by atoms with Crippen molar-refractivity contribution in [2.75, 3.05) is 11.3 Å². The molecule has 1 amide bonds. The van der Waals surface area contributed by atoms with E-state index in [2.05, 4.69) is 4.72 Å². The van der Waals surface area contributed by atoms with Crippen LogP contribution in [-0.4, -0.2) is 27.0 Å². The summed E-state index contributed by atoms with van der Waals surface area (Å²) in [5.41, 5.74) is 5.85. The molecule has 0 spiro atoms. The van der Waals surface area contributed by atoms with Crippen LogP contribution in [0.15, 0.2) is 71.6 Å². The highest BCUT2D eigenvalue weighted by Gasteiger charge is 2.29. The lowest BCUT2D eigenvalue weighted by Gasteiger charge is -2.14. The van der Waals surface area contributed by atoms with E-state index in [-0.39, 0.29) is 27.7 Å². The second-order valence-corrected chi connectivity index (χ2v) is 9.10. The molecule has 0 aliphatic heterocycles. The van der Waals surface area contributed by atoms with Crippen LogP contribution in [0.25, 0.3) is 0 Å². The Morgan fingerprint density at radius 3 is 2.35 bits per heavy atom. The van der Waals surface area contributed by atoms with Gasteiger partial charge in [-0.1, -0.05) is 29.8 Å². The SMILES string of the molecule is NCc1ccccc1Oc1ccc(S(=O)(=O)Nc2ccc(Cl)cc2C(=O)NCC(F)(F)F)cc1. The molecule has 12 heteroatoms. The van der Waals surface area contributed by atoms with E-state index in [0.717, 1.165) is 11.6 Å². The van der Waals surface area contributed by atoms with Gasteiger partial charge in [0.2, 0.25) is 0 Å². The number of sulfonamides is 1. The number of para-hydroxylation sites is 1. The fraction of sp³-hybridized carbons (Fsp3) is 0.136. The Bertz CT molecular complexity index is 1280. The first-order chi connectivity index (χ1) is 16.0. The fourth-order valence-corrected chi connectivity index (χ4v) is 4.11. The molecule has 4 N–H and O–H groups in total. The summed E-state index contributed by atoms with van der Waals surface area (Å²) in [6.45, 7) is -1.33. The van der Waals surface area contributed by atoms with Gasteiger partial charge in [0.05, 0.1) is 16.1 Å². The van der Waals surface area contributed by atoms with E-state index >= 15 is 0 Å². The van der Waals surface area contributed by atoms with E-state index in [4.69, 9.17) is 22.1 Å². The minimum Gasteiger partial charge on any atom is -0.457 e. The predicted molar refractivity (Wildman–Crippen MR) is 121 cm³/mol. The van der Waals surface area contributed by atoms with Gasteiger partial charge in [0, 0.05) is 17.1 Å². The highest BCUT2D eigenvalue weighted by atomic mass is 35.5. The Labute approximate surface area is 198 Å². The zero-order chi connectivity index (χ0) is 24.9. The number of halogens is 4. The van der Waals surface area contributed by atoms with Crippen molar-refractivity contribution < 1.29 is 31.1 Å². The molecule has 0 unspecified atom stereocenters. The van der Waals surface area contributed by atoms with Crippen molar-refractivity contribution in [2.24, 2.45) is 5.73 Å². The second-order valence-electron chi connectivity index (χ2n) is 6.98. The van der Waals surface area contributed by atoms with Gasteiger partial charge in [-0.15, -0.1) is 0 Å². The van der Waals surface area contributed by atoms with Crippen LogP contribution in [0.2, 0.25) is 5.02 Å². The van der Waals surface area contributed by atoms with Crippen LogP contribution in [0.3, 0.4) is 0 Å². The monoisotopic (exact) mass is 513 g/mol. The van der Waals surface area contributed by atoms with Gasteiger partial charge in [-0.2, -0.15) is 13.2 Å². The van der Waals surface area contributed by atoms with Gasteiger partial charge in [0.15, 0.2) is 0 Å². The molecule has 7 nitrogen and oxygen atoms in total. The number of carbonyl (C=O) groups is 1. The average Bonchev–Trinajstić information content (AvgIpc) is 2.79. The third kappa shape index (κ3) is 6.62. The number of alkyl halides is 3. The number of nitrogens with two attached hydrogens (primary N) is 1. The number of rotatable bonds is 8. The van der Waals surface area contributed by atoms with Crippen LogP contribution in [0, 0.1) is 0 Å². The van der Waals surface area contributed by atoms with Crippen molar-refractivity contribution in [3.63, 3.8) is 0 Å². The quantitative estimate of drug-likeness (QED) is 0.405. The Morgan fingerprint density at radius 2 is 1.71 bits per heavy atom. The topological polar surface area (TPSA) is 111 Å². The van der Waals surface area contributed by atoms with Crippen molar-refractivity contribution >= 4 is 33.2 Å². The average molecular weight is 514 g/mol. The summed E-state index contributed by atoms with van der Waals surface area (Å²) in [7, 11) is -4.20. The first-order valence-corrected chi connectivity index (χ1v) is 11.6. The molecule has 0 aromatic heterocycles. The van der Waals surface area contributed by atoms with E-state index in [9.17, 15) is 26.4 Å². The highest BCUT2D eigenvalue weighted by molar-refractivity contribution is 7.92. The summed E-state index contributed by atoms with van der Waals surface area (Å²) >= 11 is 5.84. The molecular weight excluding hydrogens is 495 g/mol. The molecule has 0 aliphatic rings. The van der Waals surface area contributed by atoms with Crippen molar-refractivity contribution in [3.8, 4) is 11.5 Å². The lowest BCUT2D eigenvalue weighted by Crippen LogP contribution is -2.34. The minimum atomic E-state index is -4.64. The number of hydrogen-bond donors (Lipinski definition) is 3. The molecule has 0 aliphatic carbocycles. The molecule has 0 atom stereocenters. The van der Waals surface area contributed by atoms with Gasteiger partial charge in [0.25, 0.3) is 15.9 Å². The number of hydrogen-bond acceptors (Lipinski definition) is 5. The van der Waals surface area contributed by atoms with Gasteiger partial charge in [-0.05, 0) is 48.5 Å². The van der Waals surface area contributed by atoms with E-state index in [1.165, 1.54) is 36.4 Å². The van der Waals surface area contributed by atoms with Crippen LogP contribution in [-0.2, 0) is 16.6 Å². The third-order valence-electron chi connectivity index (χ3n) is 4.47. The van der Waals surface area contributed by atoms with Gasteiger partial charge < -0.3 is 15.8 Å². The summed E-state index contributed by atoms with van der Waals surface area (Å²) in [5.74, 6) is -0.257. The van der Waals surface area contributed by atoms with Gasteiger partial charge >= 0.3 is 6.18 Å². The number of carbonyl (C=O) groups excluding carboxylic acids is 1. The zero-order valence-electron chi connectivity index (χ0n) is 17.4. The van der Waals surface area contributed by atoms with Crippen molar-refractivity contribution in [1.82, 2.24) is 5.32 Å². The van der Waals surface area contributed by atoms with E-state index in [0.29, 0.717) is 11.5 Å². The summed E-state index contributed by atoms with van der Waals surface area (Å²) < 4.78 is 71.0. The molecule has 0 fully saturated rings. The van der Waals surface area contributed by atoms with Gasteiger partial charge in [-0.25, -0.2) is 8.42 Å². The number of benzene rings is 3. The third-order valence-corrected chi connectivity index (χ3v) is 6.09. The Hall–Kier alpha value is -3.28. The summed E-state index contributed by atoms with van der Waals surface area (Å²) in [5, 5.41) is 1.73. The summed E-state index contributed by atoms with van der Waals surface area (Å²) in [6, 6.07) is 16.1. The molecular formula is C22H19ClF3N3O4S. The van der Waals surface area contributed by atoms with Crippen molar-refractivity contribution in [1.29, 1.82) is 0 Å². The lowest BCUT2D eigenvalue weighted by molar-refractivity contribution is -0.123. The molecule has 0 saturated heterocycles.